The van der Waals surface area contributed by atoms with Crippen molar-refractivity contribution < 1.29 is 0 Å². The molecule has 62 valence electrons. The summed E-state index contributed by atoms with van der Waals surface area (Å²) < 4.78 is 0. The lowest BCUT2D eigenvalue weighted by molar-refractivity contribution is 0.230. The van der Waals surface area contributed by atoms with Crippen molar-refractivity contribution in [3.8, 4) is 0 Å². The predicted molar refractivity (Wildman–Crippen MR) is 46.1 cm³/mol. The molecule has 0 amide bonds. The monoisotopic (exact) mass is 144 g/mol. The van der Waals surface area contributed by atoms with E-state index in [0.717, 1.165) is 12.7 Å². The first-order valence-corrected chi connectivity index (χ1v) is 3.63. The normalized spacial score (nSPS) is 21.6. The first-order chi connectivity index (χ1) is 4.20. The second kappa shape index (κ2) is 3.94. The smallest absolute Gasteiger partial charge is 0.0506 e. The van der Waals surface area contributed by atoms with Gasteiger partial charge < -0.3 is 0 Å². The minimum absolute atomic E-state index is 0. The van der Waals surface area contributed by atoms with Crippen molar-refractivity contribution in [2.75, 3.05) is 26.8 Å². The Morgan fingerprint density at radius 3 is 2.00 bits per heavy atom. The van der Waals surface area contributed by atoms with Gasteiger partial charge in [0.1, 0.15) is 0 Å². The molecule has 0 atom stereocenters. The third-order valence-electron chi connectivity index (χ3n) is 1.92. The minimum Gasteiger partial charge on any atom is -0.292 e. The maximum Gasteiger partial charge on any atom is 0.0506 e. The number of hydrogen-bond donors (Lipinski definition) is 0. The lowest BCUT2D eigenvalue weighted by atomic mass is 10.3. The van der Waals surface area contributed by atoms with Gasteiger partial charge in [-0.25, -0.2) is 0 Å². The molecule has 0 aromatic carbocycles. The fourth-order valence-corrected chi connectivity index (χ4v) is 1.17. The Labute approximate surface area is 64.8 Å². The van der Waals surface area contributed by atoms with Crippen molar-refractivity contribution in [3.63, 3.8) is 0 Å². The van der Waals surface area contributed by atoms with E-state index in [2.05, 4.69) is 30.7 Å². The SMILES string of the molecule is C.CC(C)N1CCN(C)C1. The van der Waals surface area contributed by atoms with Crippen LogP contribution in [0, 0.1) is 0 Å². The molecule has 0 spiro atoms. The highest BCUT2D eigenvalue weighted by atomic mass is 15.4. The molecule has 1 fully saturated rings. The van der Waals surface area contributed by atoms with Gasteiger partial charge in [0, 0.05) is 19.1 Å². The first kappa shape index (κ1) is 9.92. The van der Waals surface area contributed by atoms with Crippen LogP contribution in [0.2, 0.25) is 0 Å². The highest BCUT2D eigenvalue weighted by Crippen LogP contribution is 2.05. The molecular formula is C8H20N2. The van der Waals surface area contributed by atoms with Gasteiger partial charge in [0.25, 0.3) is 0 Å². The molecule has 0 bridgehead atoms. The molecular weight excluding hydrogens is 124 g/mol. The second-order valence-electron chi connectivity index (χ2n) is 3.13. The highest BCUT2D eigenvalue weighted by Gasteiger charge is 2.17. The van der Waals surface area contributed by atoms with Crippen molar-refractivity contribution in [1.29, 1.82) is 0 Å². The molecule has 1 saturated heterocycles. The first-order valence-electron chi connectivity index (χ1n) is 3.63. The van der Waals surface area contributed by atoms with Crippen LogP contribution in [0.25, 0.3) is 0 Å². The van der Waals surface area contributed by atoms with Crippen LogP contribution in [-0.2, 0) is 0 Å². The molecule has 0 saturated carbocycles. The number of nitrogens with zero attached hydrogens (tertiary/aromatic N) is 2. The van der Waals surface area contributed by atoms with Crippen LogP contribution in [0.5, 0.6) is 0 Å². The van der Waals surface area contributed by atoms with Crippen LogP contribution >= 0.6 is 0 Å². The highest BCUT2D eigenvalue weighted by molar-refractivity contribution is 4.70. The van der Waals surface area contributed by atoms with Crippen molar-refractivity contribution in [2.45, 2.75) is 27.3 Å². The zero-order chi connectivity index (χ0) is 6.85. The molecule has 2 heteroatoms. The summed E-state index contributed by atoms with van der Waals surface area (Å²) in [6.07, 6.45) is 0. The number of likely N-dealkylation sites (N-methyl/N-ethyl adjacent to an activating group) is 1. The fourth-order valence-electron chi connectivity index (χ4n) is 1.17. The summed E-state index contributed by atoms with van der Waals surface area (Å²) in [5, 5.41) is 0. The summed E-state index contributed by atoms with van der Waals surface area (Å²) in [7, 11) is 2.17. The lowest BCUT2D eigenvalue weighted by Crippen LogP contribution is -2.29. The molecule has 0 aliphatic carbocycles. The maximum atomic E-state index is 2.47. The zero-order valence-electron chi connectivity index (χ0n) is 6.59. The van der Waals surface area contributed by atoms with E-state index >= 15 is 0 Å². The quantitative estimate of drug-likeness (QED) is 0.546. The van der Waals surface area contributed by atoms with E-state index in [9.17, 15) is 0 Å². The second-order valence-corrected chi connectivity index (χ2v) is 3.13. The third-order valence-corrected chi connectivity index (χ3v) is 1.92. The van der Waals surface area contributed by atoms with Crippen LogP contribution in [0.1, 0.15) is 21.3 Å². The minimum atomic E-state index is 0. The van der Waals surface area contributed by atoms with E-state index in [4.69, 9.17) is 0 Å². The van der Waals surface area contributed by atoms with Crippen LogP contribution in [0.4, 0.5) is 0 Å². The van der Waals surface area contributed by atoms with Gasteiger partial charge in [-0.05, 0) is 20.9 Å². The molecule has 10 heavy (non-hydrogen) atoms. The van der Waals surface area contributed by atoms with Crippen molar-refractivity contribution >= 4 is 0 Å². The van der Waals surface area contributed by atoms with Gasteiger partial charge in [-0.2, -0.15) is 0 Å². The summed E-state index contributed by atoms with van der Waals surface area (Å²) in [4.78, 5) is 4.82. The maximum absolute atomic E-state index is 2.47. The molecule has 0 radical (unpaired) electrons. The average molecular weight is 144 g/mol. The Morgan fingerprint density at radius 2 is 1.80 bits per heavy atom. The van der Waals surface area contributed by atoms with Crippen LogP contribution < -0.4 is 0 Å². The molecule has 0 N–H and O–H groups in total. The summed E-state index contributed by atoms with van der Waals surface area (Å²) in [5.41, 5.74) is 0. The Kier molecular flexibility index (Phi) is 3.91. The van der Waals surface area contributed by atoms with Crippen LogP contribution in [0.3, 0.4) is 0 Å². The van der Waals surface area contributed by atoms with Crippen LogP contribution in [-0.4, -0.2) is 42.6 Å². The van der Waals surface area contributed by atoms with Crippen molar-refractivity contribution in [1.82, 2.24) is 9.80 Å². The van der Waals surface area contributed by atoms with Gasteiger partial charge in [0.2, 0.25) is 0 Å². The molecule has 1 heterocycles. The Balaban J connectivity index is 0.000000810. The summed E-state index contributed by atoms with van der Waals surface area (Å²) in [5.74, 6) is 0. The summed E-state index contributed by atoms with van der Waals surface area (Å²) in [6.45, 7) is 8.13. The molecule has 0 aromatic heterocycles. The molecule has 2 nitrogen and oxygen atoms in total. The molecule has 1 aliphatic heterocycles. The molecule has 1 aliphatic rings. The predicted octanol–water partition coefficient (Wildman–Crippen LogP) is 1.24. The zero-order valence-corrected chi connectivity index (χ0v) is 6.59. The van der Waals surface area contributed by atoms with E-state index in [1.165, 1.54) is 13.1 Å². The van der Waals surface area contributed by atoms with Crippen LogP contribution in [0.15, 0.2) is 0 Å². The summed E-state index contributed by atoms with van der Waals surface area (Å²) in [6, 6.07) is 0.718. The molecule has 0 aromatic rings. The average Bonchev–Trinajstić information content (AvgIpc) is 2.14. The lowest BCUT2D eigenvalue weighted by Gasteiger charge is -2.19. The van der Waals surface area contributed by atoms with E-state index in [1.807, 2.05) is 0 Å². The van der Waals surface area contributed by atoms with Gasteiger partial charge in [-0.1, -0.05) is 7.43 Å². The van der Waals surface area contributed by atoms with E-state index in [1.54, 1.807) is 0 Å². The topological polar surface area (TPSA) is 6.48 Å². The standard InChI is InChI=1S/C7H16N2.CH4/c1-7(2)9-5-4-8(3)6-9;/h7H,4-6H2,1-3H3;1H4. The van der Waals surface area contributed by atoms with Crippen molar-refractivity contribution in [2.24, 2.45) is 0 Å². The Bertz CT molecular complexity index is 91.3. The summed E-state index contributed by atoms with van der Waals surface area (Å²) >= 11 is 0. The van der Waals surface area contributed by atoms with Gasteiger partial charge in [-0.15, -0.1) is 0 Å². The van der Waals surface area contributed by atoms with Gasteiger partial charge in [0.05, 0.1) is 6.67 Å². The van der Waals surface area contributed by atoms with Gasteiger partial charge in [-0.3, -0.25) is 9.80 Å². The van der Waals surface area contributed by atoms with E-state index < -0.39 is 0 Å². The number of hydrogen-bond acceptors (Lipinski definition) is 2. The number of rotatable bonds is 1. The Morgan fingerprint density at radius 1 is 1.20 bits per heavy atom. The van der Waals surface area contributed by atoms with Gasteiger partial charge >= 0.3 is 0 Å². The fraction of sp³-hybridized carbons (Fsp3) is 1.00. The largest absolute Gasteiger partial charge is 0.292 e. The Hall–Kier alpha value is -0.0800. The molecule has 1 rings (SSSR count). The van der Waals surface area contributed by atoms with Gasteiger partial charge in [0.15, 0.2) is 0 Å². The molecule has 0 unspecified atom stereocenters. The van der Waals surface area contributed by atoms with E-state index in [0.29, 0.717) is 0 Å². The van der Waals surface area contributed by atoms with E-state index in [-0.39, 0.29) is 7.43 Å². The van der Waals surface area contributed by atoms with Crippen molar-refractivity contribution in [3.05, 3.63) is 0 Å². The third kappa shape index (κ3) is 2.27.